The number of pyridine rings is 3. The van der Waals surface area contributed by atoms with Crippen LogP contribution in [0, 0.1) is 6.92 Å². The maximum Gasteiger partial charge on any atom is 0.259 e. The van der Waals surface area contributed by atoms with Crippen molar-refractivity contribution in [1.82, 2.24) is 15.0 Å². The van der Waals surface area contributed by atoms with Crippen LogP contribution in [-0.2, 0) is 16.7 Å². The van der Waals surface area contributed by atoms with Gasteiger partial charge in [-0.1, -0.05) is 29.8 Å². The molecular formula is C29H30ClN4O3PS. The summed E-state index contributed by atoms with van der Waals surface area (Å²) in [7, 11) is -1.06. The highest BCUT2D eigenvalue weighted by Gasteiger charge is 2.22. The van der Waals surface area contributed by atoms with Gasteiger partial charge in [0.05, 0.1) is 18.9 Å². The lowest BCUT2D eigenvalue weighted by molar-refractivity contribution is 0.102. The summed E-state index contributed by atoms with van der Waals surface area (Å²) < 4.78 is 17.8. The van der Waals surface area contributed by atoms with E-state index in [2.05, 4.69) is 33.5 Å². The number of hydrogen-bond donors (Lipinski definition) is 2. The number of carbonyl (C=O) groups is 1. The van der Waals surface area contributed by atoms with Crippen LogP contribution in [0.15, 0.2) is 65.8 Å². The van der Waals surface area contributed by atoms with Crippen LogP contribution in [0.5, 0.6) is 5.75 Å². The molecule has 0 saturated heterocycles. The number of anilines is 1. The van der Waals surface area contributed by atoms with Crippen molar-refractivity contribution in [3.05, 3.63) is 88.6 Å². The Hall–Kier alpha value is -3.19. The predicted molar refractivity (Wildman–Crippen MR) is 161 cm³/mol. The number of aryl methyl sites for hydroxylation is 2. The van der Waals surface area contributed by atoms with Gasteiger partial charge in [-0.25, -0.2) is 20.9 Å². The molecule has 1 aromatic carbocycles. The lowest BCUT2D eigenvalue weighted by Gasteiger charge is -2.28. The Morgan fingerprint density at radius 2 is 1.82 bits per heavy atom. The first-order chi connectivity index (χ1) is 18.6. The van der Waals surface area contributed by atoms with E-state index in [-0.39, 0.29) is 16.8 Å². The second-order valence-electron chi connectivity index (χ2n) is 9.87. The molecule has 10 heteroatoms. The van der Waals surface area contributed by atoms with Crippen LogP contribution in [0.4, 0.5) is 5.82 Å². The molecule has 1 aliphatic heterocycles. The van der Waals surface area contributed by atoms with Gasteiger partial charge in [0.15, 0.2) is 0 Å². The molecule has 1 N–H and O–H groups in total. The van der Waals surface area contributed by atoms with E-state index in [9.17, 15) is 9.36 Å². The zero-order valence-electron chi connectivity index (χ0n) is 22.2. The molecule has 0 bridgehead atoms. The van der Waals surface area contributed by atoms with Crippen molar-refractivity contribution in [2.45, 2.75) is 24.0 Å². The van der Waals surface area contributed by atoms with Crippen LogP contribution in [0.2, 0.25) is 5.15 Å². The molecule has 1 atom stereocenters. The topological polar surface area (TPSA) is 94.1 Å². The van der Waals surface area contributed by atoms with Gasteiger partial charge in [0.25, 0.3) is 5.91 Å². The molecule has 0 aliphatic carbocycles. The summed E-state index contributed by atoms with van der Waals surface area (Å²) in [4.78, 5) is 27.9. The first-order valence-corrected chi connectivity index (χ1v) is 17.2. The number of thiol groups is 1. The monoisotopic (exact) mass is 580 g/mol. The number of ether oxygens (including phenoxy) is 1. The molecule has 1 aliphatic rings. The van der Waals surface area contributed by atoms with Gasteiger partial charge >= 0.3 is 0 Å². The van der Waals surface area contributed by atoms with Crippen LogP contribution < -0.4 is 15.4 Å². The Balaban J connectivity index is 1.36. The third-order valence-corrected chi connectivity index (χ3v) is 11.0. The van der Waals surface area contributed by atoms with Crippen LogP contribution in [0.25, 0.3) is 11.1 Å². The highest BCUT2D eigenvalue weighted by atomic mass is 35.5. The molecule has 1 unspecified atom stereocenters. The molecule has 4 heterocycles. The minimum Gasteiger partial charge on any atom is -0.494 e. The van der Waals surface area contributed by atoms with Crippen molar-refractivity contribution < 1.29 is 14.1 Å². The van der Waals surface area contributed by atoms with Gasteiger partial charge in [-0.3, -0.25) is 9.78 Å². The van der Waals surface area contributed by atoms with Crippen molar-refractivity contribution in [3.8, 4) is 16.9 Å². The van der Waals surface area contributed by atoms with Gasteiger partial charge < -0.3 is 14.6 Å². The summed E-state index contributed by atoms with van der Waals surface area (Å²) in [6.07, 6.45) is 3.94. The number of methoxy groups -OCH3 is 1. The summed E-state index contributed by atoms with van der Waals surface area (Å²) in [5.41, 5.74) is 4.68. The molecule has 39 heavy (non-hydrogen) atoms. The number of fused-ring (bicyclic) bond motifs is 1. The number of nitrogens with zero attached hydrogens (tertiary/aromatic N) is 3. The number of hydrogen-bond acceptors (Lipinski definition) is 6. The fraction of sp³-hybridized carbons (Fsp3) is 0.241. The van der Waals surface area contributed by atoms with Gasteiger partial charge in [-0.2, -0.15) is 0 Å². The number of amides is 1. The second kappa shape index (κ2) is 11.1. The van der Waals surface area contributed by atoms with Crippen molar-refractivity contribution in [2.24, 2.45) is 0 Å². The summed E-state index contributed by atoms with van der Waals surface area (Å²) in [6, 6.07) is 15.7. The quantitative estimate of drug-likeness (QED) is 0.162. The maximum atomic E-state index is 13.4. The van der Waals surface area contributed by atoms with E-state index >= 15 is 0 Å². The van der Waals surface area contributed by atoms with Crippen LogP contribution in [0.3, 0.4) is 0 Å². The highest BCUT2D eigenvalue weighted by Crippen LogP contribution is 2.45. The molecule has 0 radical (unpaired) electrons. The molecule has 0 fully saturated rings. The number of halogens is 1. The first kappa shape index (κ1) is 27.4. The highest BCUT2D eigenvalue weighted by molar-refractivity contribution is 8.16. The third kappa shape index (κ3) is 6.03. The predicted octanol–water partition coefficient (Wildman–Crippen LogP) is 6.13. The minimum atomic E-state index is -2.26. The Morgan fingerprint density at radius 1 is 1.05 bits per heavy atom. The number of aromatic nitrogens is 3. The van der Waals surface area contributed by atoms with Gasteiger partial charge in [-0.05, 0) is 73.2 Å². The van der Waals surface area contributed by atoms with Crippen molar-refractivity contribution in [1.29, 1.82) is 0 Å². The molecule has 0 spiro atoms. The van der Waals surface area contributed by atoms with E-state index in [1.165, 1.54) is 16.7 Å². The van der Waals surface area contributed by atoms with Crippen molar-refractivity contribution in [2.75, 3.05) is 31.5 Å². The Kier molecular flexibility index (Phi) is 7.81. The summed E-state index contributed by atoms with van der Waals surface area (Å²) in [5, 5.41) is 4.17. The Labute approximate surface area is 236 Å². The standard InChI is InChI=1S/C29H30ClN4O3PS/c1-18-13-22(23-14-27(30)32-16-26(23)37-2)24(15-31-18)29(35)34-28-10-5-19-17-39(12-11-25(19)33-28)21-8-6-20(7-9-21)38(3,4)36/h5-10,13-16,39H,11-12,17H2,1-4H3,(H,33,34,35). The molecule has 0 saturated carbocycles. The molecule has 5 rings (SSSR count). The van der Waals surface area contributed by atoms with Gasteiger partial charge in [0, 0.05) is 39.8 Å². The molecule has 202 valence electrons. The van der Waals surface area contributed by atoms with Crippen molar-refractivity contribution >= 4 is 46.7 Å². The minimum absolute atomic E-state index is 0.301. The summed E-state index contributed by atoms with van der Waals surface area (Å²) in [5.74, 6) is 2.66. The van der Waals surface area contributed by atoms with Crippen LogP contribution >= 0.6 is 29.6 Å². The summed E-state index contributed by atoms with van der Waals surface area (Å²) in [6.45, 7) is 5.46. The number of nitrogens with one attached hydrogen (secondary N) is 1. The average molecular weight is 581 g/mol. The maximum absolute atomic E-state index is 13.4. The second-order valence-corrected chi connectivity index (χ2v) is 15.8. The zero-order chi connectivity index (χ0) is 27.7. The smallest absolute Gasteiger partial charge is 0.259 e. The third-order valence-electron chi connectivity index (χ3n) is 6.76. The lowest BCUT2D eigenvalue weighted by Crippen LogP contribution is -2.17. The summed E-state index contributed by atoms with van der Waals surface area (Å²) >= 11 is 6.16. The van der Waals surface area contributed by atoms with E-state index < -0.39 is 7.14 Å². The fourth-order valence-corrected chi connectivity index (χ4v) is 8.04. The first-order valence-electron chi connectivity index (χ1n) is 12.5. The largest absolute Gasteiger partial charge is 0.494 e. The number of benzene rings is 1. The Bertz CT molecular complexity index is 1610. The van der Waals surface area contributed by atoms with E-state index in [4.69, 9.17) is 21.3 Å². The fourth-order valence-electron chi connectivity index (χ4n) is 4.67. The lowest BCUT2D eigenvalue weighted by atomic mass is 10.0. The molecule has 1 amide bonds. The zero-order valence-corrected chi connectivity index (χ0v) is 24.8. The van der Waals surface area contributed by atoms with E-state index in [1.54, 1.807) is 32.7 Å². The molecular weight excluding hydrogens is 551 g/mol. The van der Waals surface area contributed by atoms with Gasteiger partial charge in [-0.15, -0.1) is 0 Å². The SMILES string of the molecule is COc1cnc(Cl)cc1-c1cc(C)ncc1C(=O)Nc1ccc2c(n1)CC[SH](c1ccc(P(C)(C)=O)cc1)C2. The van der Waals surface area contributed by atoms with E-state index in [0.717, 1.165) is 34.6 Å². The molecule has 4 aromatic rings. The molecule has 3 aromatic heterocycles. The van der Waals surface area contributed by atoms with Crippen molar-refractivity contribution in [3.63, 3.8) is 0 Å². The van der Waals surface area contributed by atoms with E-state index in [1.807, 2.05) is 31.2 Å². The van der Waals surface area contributed by atoms with Gasteiger partial charge in [0.2, 0.25) is 0 Å². The normalized spacial score (nSPS) is 15.9. The average Bonchev–Trinajstić information content (AvgIpc) is 2.92. The van der Waals surface area contributed by atoms with Gasteiger partial charge in [0.1, 0.15) is 23.9 Å². The molecule has 7 nitrogen and oxygen atoms in total. The Morgan fingerprint density at radius 3 is 2.54 bits per heavy atom. The van der Waals surface area contributed by atoms with Crippen LogP contribution in [0.1, 0.15) is 27.3 Å². The van der Waals surface area contributed by atoms with E-state index in [0.29, 0.717) is 33.4 Å². The number of carbonyl (C=O) groups excluding carboxylic acids is 1. The number of rotatable bonds is 6. The van der Waals surface area contributed by atoms with Crippen LogP contribution in [-0.4, -0.2) is 47.1 Å².